The zero-order chi connectivity index (χ0) is 8.39. The van der Waals surface area contributed by atoms with Gasteiger partial charge in [-0.1, -0.05) is 36.6 Å². The Morgan fingerprint density at radius 3 is 3.00 bits per heavy atom. The summed E-state index contributed by atoms with van der Waals surface area (Å²) < 4.78 is 0. The molecule has 0 aliphatic heterocycles. The van der Waals surface area contributed by atoms with E-state index in [9.17, 15) is 0 Å². The van der Waals surface area contributed by atoms with Crippen LogP contribution in [0.3, 0.4) is 0 Å². The molecule has 2 rings (SSSR count). The highest BCUT2D eigenvalue weighted by Crippen LogP contribution is 2.40. The van der Waals surface area contributed by atoms with Crippen molar-refractivity contribution < 1.29 is 0 Å². The Morgan fingerprint density at radius 2 is 2.42 bits per heavy atom. The van der Waals surface area contributed by atoms with Crippen LogP contribution in [-0.2, 0) is 0 Å². The van der Waals surface area contributed by atoms with E-state index in [-0.39, 0.29) is 0 Å². The van der Waals surface area contributed by atoms with E-state index in [1.165, 1.54) is 38.5 Å². The molecule has 0 N–H and O–H groups in total. The van der Waals surface area contributed by atoms with Crippen molar-refractivity contribution in [1.29, 1.82) is 0 Å². The van der Waals surface area contributed by atoms with E-state index in [4.69, 9.17) is 0 Å². The van der Waals surface area contributed by atoms with Gasteiger partial charge < -0.3 is 0 Å². The number of hydrogen-bond donors (Lipinski definition) is 0. The molecule has 2 aliphatic rings. The lowest BCUT2D eigenvalue weighted by atomic mass is 9.73. The maximum Gasteiger partial charge on any atom is -0.0162 e. The number of hydrogen-bond acceptors (Lipinski definition) is 0. The van der Waals surface area contributed by atoms with Gasteiger partial charge >= 0.3 is 0 Å². The summed E-state index contributed by atoms with van der Waals surface area (Å²) in [6.07, 6.45) is 13.1. The Kier molecular flexibility index (Phi) is 2.34. The molecule has 0 aromatic carbocycles. The van der Waals surface area contributed by atoms with Crippen LogP contribution in [0.1, 0.15) is 45.4 Å². The predicted molar refractivity (Wildman–Crippen MR) is 53.0 cm³/mol. The van der Waals surface area contributed by atoms with Gasteiger partial charge in [0.1, 0.15) is 0 Å². The molecule has 0 heterocycles. The van der Waals surface area contributed by atoms with Crippen molar-refractivity contribution in [3.63, 3.8) is 0 Å². The van der Waals surface area contributed by atoms with Crippen LogP contribution in [0.5, 0.6) is 0 Å². The summed E-state index contributed by atoms with van der Waals surface area (Å²) in [6, 6.07) is 0. The van der Waals surface area contributed by atoms with E-state index in [0.717, 1.165) is 5.92 Å². The molecule has 1 atom stereocenters. The number of allylic oxidation sites excluding steroid dienone is 4. The highest BCUT2D eigenvalue weighted by Gasteiger charge is 2.25. The fourth-order valence-corrected chi connectivity index (χ4v) is 2.12. The molecule has 66 valence electrons. The van der Waals surface area contributed by atoms with E-state index in [1.807, 2.05) is 0 Å². The van der Waals surface area contributed by atoms with E-state index in [0.29, 0.717) is 0 Å². The predicted octanol–water partition coefficient (Wildman–Crippen LogP) is 3.84. The molecule has 0 bridgehead atoms. The second kappa shape index (κ2) is 3.47. The minimum atomic E-state index is 0.954. The zero-order valence-corrected chi connectivity index (χ0v) is 7.97. The lowest BCUT2D eigenvalue weighted by Gasteiger charge is -2.32. The zero-order valence-electron chi connectivity index (χ0n) is 7.97. The Hall–Kier alpha value is -0.520. The second-order valence-corrected chi connectivity index (χ2v) is 4.07. The van der Waals surface area contributed by atoms with E-state index >= 15 is 0 Å². The summed E-state index contributed by atoms with van der Waals surface area (Å²) in [5, 5.41) is 0. The summed E-state index contributed by atoms with van der Waals surface area (Å²) in [5.74, 6) is 0.954. The molecule has 0 heteroatoms. The van der Waals surface area contributed by atoms with Crippen molar-refractivity contribution in [3.8, 4) is 0 Å². The smallest absolute Gasteiger partial charge is 0.0162 e. The monoisotopic (exact) mass is 162 g/mol. The lowest BCUT2D eigenvalue weighted by Crippen LogP contribution is -2.17. The Balaban J connectivity index is 1.91. The largest absolute Gasteiger partial charge is 0.0807 e. The van der Waals surface area contributed by atoms with Crippen LogP contribution in [0.2, 0.25) is 0 Å². The minimum absolute atomic E-state index is 0.954. The van der Waals surface area contributed by atoms with Crippen LogP contribution in [0.25, 0.3) is 0 Å². The van der Waals surface area contributed by atoms with Crippen LogP contribution in [0.15, 0.2) is 23.3 Å². The molecule has 1 unspecified atom stereocenters. The molecule has 0 radical (unpaired) electrons. The highest BCUT2D eigenvalue weighted by molar-refractivity contribution is 5.33. The molecule has 0 amide bonds. The maximum atomic E-state index is 2.47. The fourth-order valence-electron chi connectivity index (χ4n) is 2.12. The van der Waals surface area contributed by atoms with E-state index in [1.54, 1.807) is 11.1 Å². The van der Waals surface area contributed by atoms with Gasteiger partial charge in [0, 0.05) is 0 Å². The van der Waals surface area contributed by atoms with E-state index < -0.39 is 0 Å². The van der Waals surface area contributed by atoms with Gasteiger partial charge in [0.05, 0.1) is 0 Å². The molecule has 0 nitrogen and oxygen atoms in total. The minimum Gasteiger partial charge on any atom is -0.0807 e. The van der Waals surface area contributed by atoms with Gasteiger partial charge in [-0.3, -0.25) is 0 Å². The van der Waals surface area contributed by atoms with Crippen LogP contribution in [0.4, 0.5) is 0 Å². The first-order valence-electron chi connectivity index (χ1n) is 5.29. The molecular weight excluding hydrogens is 144 g/mol. The van der Waals surface area contributed by atoms with Gasteiger partial charge in [0.25, 0.3) is 0 Å². The van der Waals surface area contributed by atoms with Gasteiger partial charge in [-0.15, -0.1) is 0 Å². The van der Waals surface area contributed by atoms with Crippen molar-refractivity contribution in [1.82, 2.24) is 0 Å². The number of rotatable bonds is 3. The molecule has 2 aliphatic carbocycles. The molecule has 0 aromatic rings. The third-order valence-corrected chi connectivity index (χ3v) is 3.16. The van der Waals surface area contributed by atoms with Crippen molar-refractivity contribution >= 4 is 0 Å². The van der Waals surface area contributed by atoms with Crippen LogP contribution >= 0.6 is 0 Å². The van der Waals surface area contributed by atoms with Crippen molar-refractivity contribution in [2.45, 2.75) is 45.4 Å². The highest BCUT2D eigenvalue weighted by atomic mass is 14.3. The first-order valence-corrected chi connectivity index (χ1v) is 5.29. The third-order valence-electron chi connectivity index (χ3n) is 3.16. The normalized spacial score (nSPS) is 26.9. The van der Waals surface area contributed by atoms with Crippen molar-refractivity contribution in [2.75, 3.05) is 0 Å². The molecule has 1 fully saturated rings. The van der Waals surface area contributed by atoms with Gasteiger partial charge in [-0.25, -0.2) is 0 Å². The van der Waals surface area contributed by atoms with E-state index in [2.05, 4.69) is 19.1 Å². The molecule has 0 saturated heterocycles. The Morgan fingerprint density at radius 1 is 1.50 bits per heavy atom. The molecule has 12 heavy (non-hydrogen) atoms. The molecule has 0 aromatic heterocycles. The van der Waals surface area contributed by atoms with Crippen LogP contribution in [0, 0.1) is 5.92 Å². The van der Waals surface area contributed by atoms with Crippen LogP contribution in [-0.4, -0.2) is 0 Å². The topological polar surface area (TPSA) is 0 Å². The Bertz CT molecular complexity index is 220. The van der Waals surface area contributed by atoms with Gasteiger partial charge in [0.15, 0.2) is 0 Å². The summed E-state index contributed by atoms with van der Waals surface area (Å²) >= 11 is 0. The van der Waals surface area contributed by atoms with Gasteiger partial charge in [-0.05, 0) is 38.0 Å². The number of fused-ring (bicyclic) bond motifs is 1. The molecular formula is C12H18. The second-order valence-electron chi connectivity index (χ2n) is 4.07. The van der Waals surface area contributed by atoms with Gasteiger partial charge in [0.2, 0.25) is 0 Å². The summed E-state index contributed by atoms with van der Waals surface area (Å²) in [7, 11) is 0. The number of unbranched alkanes of at least 4 members (excludes halogenated alkanes) is 1. The van der Waals surface area contributed by atoms with Gasteiger partial charge in [-0.2, -0.15) is 0 Å². The van der Waals surface area contributed by atoms with Crippen LogP contribution < -0.4 is 0 Å². The average molecular weight is 162 g/mol. The summed E-state index contributed by atoms with van der Waals surface area (Å²) in [5.41, 5.74) is 3.35. The standard InChI is InChI=1S/C12H18/c1-2-3-4-10-5-6-11-7-8-12(11)9-10/h5,9,11H,2-4,6-8H2,1H3. The lowest BCUT2D eigenvalue weighted by molar-refractivity contribution is 0.439. The third kappa shape index (κ3) is 1.48. The maximum absolute atomic E-state index is 2.47. The first kappa shape index (κ1) is 8.10. The quantitative estimate of drug-likeness (QED) is 0.591. The fraction of sp³-hybridized carbons (Fsp3) is 0.667. The molecule has 0 spiro atoms. The molecule has 1 saturated carbocycles. The summed E-state index contributed by atoms with van der Waals surface area (Å²) in [4.78, 5) is 0. The van der Waals surface area contributed by atoms with Crippen molar-refractivity contribution in [3.05, 3.63) is 23.3 Å². The van der Waals surface area contributed by atoms with Crippen molar-refractivity contribution in [2.24, 2.45) is 5.92 Å². The SMILES string of the molecule is CCCCC1=CCC2CCC2=C1. The average Bonchev–Trinajstić information content (AvgIpc) is 2.05. The first-order chi connectivity index (χ1) is 5.90. The summed E-state index contributed by atoms with van der Waals surface area (Å²) in [6.45, 7) is 2.27. The Labute approximate surface area is 75.4 Å².